The highest BCUT2D eigenvalue weighted by atomic mass is 16.2. The second-order valence-corrected chi connectivity index (χ2v) is 5.65. The molecule has 0 unspecified atom stereocenters. The van der Waals surface area contributed by atoms with Crippen LogP contribution in [-0.4, -0.2) is 34.4 Å². The molecule has 6 heteroatoms. The van der Waals surface area contributed by atoms with Crippen LogP contribution >= 0.6 is 0 Å². The molecule has 1 aliphatic rings. The molecule has 1 N–H and O–H groups in total. The Morgan fingerprint density at radius 2 is 2.14 bits per heavy atom. The van der Waals surface area contributed by atoms with E-state index in [1.54, 1.807) is 18.3 Å². The van der Waals surface area contributed by atoms with Crippen molar-refractivity contribution < 1.29 is 4.79 Å². The average molecular weight is 286 g/mol. The molecule has 0 atom stereocenters. The quantitative estimate of drug-likeness (QED) is 0.900. The Kier molecular flexibility index (Phi) is 3.37. The fraction of sp³-hybridized carbons (Fsp3) is 0.400. The van der Waals surface area contributed by atoms with Gasteiger partial charge in [0.2, 0.25) is 5.91 Å². The van der Waals surface area contributed by atoms with Gasteiger partial charge in [0, 0.05) is 31.4 Å². The zero-order valence-electron chi connectivity index (χ0n) is 12.1. The first kappa shape index (κ1) is 13.6. The van der Waals surface area contributed by atoms with Crippen molar-refractivity contribution in [2.45, 2.75) is 19.9 Å². The van der Waals surface area contributed by atoms with E-state index in [1.165, 1.54) is 10.5 Å². The van der Waals surface area contributed by atoms with Crippen LogP contribution in [0.5, 0.6) is 0 Å². The first-order chi connectivity index (χ1) is 10.0. The van der Waals surface area contributed by atoms with Gasteiger partial charge >= 0.3 is 0 Å². The summed E-state index contributed by atoms with van der Waals surface area (Å²) in [5.41, 5.74) is 0.515. The monoisotopic (exact) mass is 286 g/mol. The van der Waals surface area contributed by atoms with E-state index in [9.17, 15) is 9.59 Å². The molecule has 6 nitrogen and oxygen atoms in total. The lowest BCUT2D eigenvalue weighted by Crippen LogP contribution is -2.55. The molecule has 0 radical (unpaired) electrons. The van der Waals surface area contributed by atoms with Gasteiger partial charge in [0.15, 0.2) is 0 Å². The summed E-state index contributed by atoms with van der Waals surface area (Å²) in [6.45, 7) is 5.10. The summed E-state index contributed by atoms with van der Waals surface area (Å²) in [4.78, 5) is 30.3. The van der Waals surface area contributed by atoms with Gasteiger partial charge in [0.25, 0.3) is 5.56 Å². The first-order valence-electron chi connectivity index (χ1n) is 7.08. The maximum absolute atomic E-state index is 12.0. The number of carbonyl (C=O) groups excluding carboxylic acids is 1. The summed E-state index contributed by atoms with van der Waals surface area (Å²) in [6, 6.07) is 7.11. The third-order valence-corrected chi connectivity index (χ3v) is 3.56. The minimum Gasteiger partial charge on any atom is -0.355 e. The summed E-state index contributed by atoms with van der Waals surface area (Å²) < 4.78 is 1.51. The molecular formula is C15H18N4O2. The molecule has 0 saturated carbocycles. The summed E-state index contributed by atoms with van der Waals surface area (Å²) in [5.74, 6) is 0.682. The SMILES string of the molecule is CC(C)NC(=O)C1CN(c2cc(=O)n3ccccc3n2)C1. The van der Waals surface area contributed by atoms with E-state index in [1.807, 2.05) is 24.8 Å². The second kappa shape index (κ2) is 5.20. The Balaban J connectivity index is 1.75. The average Bonchev–Trinajstić information content (AvgIpc) is 2.36. The highest BCUT2D eigenvalue weighted by Gasteiger charge is 2.33. The number of hydrogen-bond acceptors (Lipinski definition) is 4. The van der Waals surface area contributed by atoms with Crippen molar-refractivity contribution in [2.24, 2.45) is 5.92 Å². The lowest BCUT2D eigenvalue weighted by Gasteiger charge is -2.39. The Morgan fingerprint density at radius 3 is 2.86 bits per heavy atom. The molecule has 21 heavy (non-hydrogen) atoms. The molecule has 0 aromatic carbocycles. The zero-order chi connectivity index (χ0) is 15.0. The lowest BCUT2D eigenvalue weighted by molar-refractivity contribution is -0.126. The number of carbonyl (C=O) groups is 1. The van der Waals surface area contributed by atoms with Gasteiger partial charge in [-0.05, 0) is 26.0 Å². The normalized spacial score (nSPS) is 15.3. The Hall–Kier alpha value is -2.37. The van der Waals surface area contributed by atoms with Crippen molar-refractivity contribution in [1.82, 2.24) is 14.7 Å². The van der Waals surface area contributed by atoms with Gasteiger partial charge in [-0.25, -0.2) is 4.98 Å². The smallest absolute Gasteiger partial charge is 0.259 e. The highest BCUT2D eigenvalue weighted by molar-refractivity contribution is 5.82. The molecule has 3 heterocycles. The van der Waals surface area contributed by atoms with Gasteiger partial charge in [-0.1, -0.05) is 6.07 Å². The number of hydrogen-bond donors (Lipinski definition) is 1. The largest absolute Gasteiger partial charge is 0.355 e. The third-order valence-electron chi connectivity index (χ3n) is 3.56. The number of fused-ring (bicyclic) bond motifs is 1. The van der Waals surface area contributed by atoms with E-state index in [-0.39, 0.29) is 23.4 Å². The zero-order valence-corrected chi connectivity index (χ0v) is 12.1. The number of nitrogens with one attached hydrogen (secondary N) is 1. The van der Waals surface area contributed by atoms with Crippen LogP contribution in [0.2, 0.25) is 0 Å². The summed E-state index contributed by atoms with van der Waals surface area (Å²) >= 11 is 0. The maximum atomic E-state index is 12.0. The molecule has 0 bridgehead atoms. The first-order valence-corrected chi connectivity index (χ1v) is 7.08. The minimum atomic E-state index is -0.106. The summed E-state index contributed by atoms with van der Waals surface area (Å²) in [5, 5.41) is 2.91. The van der Waals surface area contributed by atoms with Crippen molar-refractivity contribution in [1.29, 1.82) is 0 Å². The molecule has 1 amide bonds. The van der Waals surface area contributed by atoms with Gasteiger partial charge in [-0.2, -0.15) is 0 Å². The predicted molar refractivity (Wildman–Crippen MR) is 80.4 cm³/mol. The van der Waals surface area contributed by atoms with Gasteiger partial charge in [-0.3, -0.25) is 14.0 Å². The van der Waals surface area contributed by atoms with Crippen LogP contribution in [-0.2, 0) is 4.79 Å². The topological polar surface area (TPSA) is 66.7 Å². The van der Waals surface area contributed by atoms with Crippen molar-refractivity contribution in [3.05, 3.63) is 40.8 Å². The summed E-state index contributed by atoms with van der Waals surface area (Å²) in [6.07, 6.45) is 1.70. The number of anilines is 1. The van der Waals surface area contributed by atoms with E-state index in [2.05, 4.69) is 10.3 Å². The molecule has 0 spiro atoms. The highest BCUT2D eigenvalue weighted by Crippen LogP contribution is 2.22. The Morgan fingerprint density at radius 1 is 1.38 bits per heavy atom. The lowest BCUT2D eigenvalue weighted by atomic mass is 9.99. The second-order valence-electron chi connectivity index (χ2n) is 5.65. The van der Waals surface area contributed by atoms with Crippen LogP contribution in [0.1, 0.15) is 13.8 Å². The van der Waals surface area contributed by atoms with Crippen LogP contribution < -0.4 is 15.8 Å². The van der Waals surface area contributed by atoms with E-state index in [4.69, 9.17) is 0 Å². The molecule has 0 aliphatic carbocycles. The van der Waals surface area contributed by atoms with Crippen molar-refractivity contribution in [3.63, 3.8) is 0 Å². The van der Waals surface area contributed by atoms with Crippen LogP contribution in [0.4, 0.5) is 5.82 Å². The van der Waals surface area contributed by atoms with Gasteiger partial charge < -0.3 is 10.2 Å². The molecule has 3 rings (SSSR count). The van der Waals surface area contributed by atoms with E-state index < -0.39 is 0 Å². The number of pyridine rings is 1. The molecule has 1 fully saturated rings. The van der Waals surface area contributed by atoms with Crippen molar-refractivity contribution >= 4 is 17.4 Å². The van der Waals surface area contributed by atoms with Gasteiger partial charge in [-0.15, -0.1) is 0 Å². The maximum Gasteiger partial charge on any atom is 0.259 e. The number of amides is 1. The molecule has 1 saturated heterocycles. The van der Waals surface area contributed by atoms with E-state index in [0.717, 1.165) is 0 Å². The standard InChI is InChI=1S/C15H18N4O2/c1-10(2)16-15(21)11-8-18(9-11)13-7-14(20)19-6-4-3-5-12(19)17-13/h3-7,10-11H,8-9H2,1-2H3,(H,16,21). The van der Waals surface area contributed by atoms with Crippen LogP contribution in [0, 0.1) is 5.92 Å². The van der Waals surface area contributed by atoms with Gasteiger partial charge in [0.1, 0.15) is 11.5 Å². The third kappa shape index (κ3) is 2.61. The number of aromatic nitrogens is 2. The van der Waals surface area contributed by atoms with E-state index in [0.29, 0.717) is 24.6 Å². The fourth-order valence-corrected chi connectivity index (χ4v) is 2.44. The van der Waals surface area contributed by atoms with Crippen LogP contribution in [0.15, 0.2) is 35.3 Å². The van der Waals surface area contributed by atoms with Crippen molar-refractivity contribution in [2.75, 3.05) is 18.0 Å². The minimum absolute atomic E-state index is 0.0246. The van der Waals surface area contributed by atoms with Gasteiger partial charge in [0.05, 0.1) is 5.92 Å². The van der Waals surface area contributed by atoms with Crippen LogP contribution in [0.3, 0.4) is 0 Å². The molecule has 2 aromatic rings. The molecular weight excluding hydrogens is 268 g/mol. The Labute approximate surface area is 122 Å². The van der Waals surface area contributed by atoms with Crippen LogP contribution in [0.25, 0.3) is 5.65 Å². The molecule has 110 valence electrons. The fourth-order valence-electron chi connectivity index (χ4n) is 2.44. The molecule has 1 aliphatic heterocycles. The molecule has 2 aromatic heterocycles. The summed E-state index contributed by atoms with van der Waals surface area (Å²) in [7, 11) is 0. The number of nitrogens with zero attached hydrogens (tertiary/aromatic N) is 3. The van der Waals surface area contributed by atoms with Crippen molar-refractivity contribution in [3.8, 4) is 0 Å². The van der Waals surface area contributed by atoms with E-state index >= 15 is 0 Å². The Bertz CT molecular complexity index is 732. The predicted octanol–water partition coefficient (Wildman–Crippen LogP) is 0.655. The number of rotatable bonds is 3.